The number of hydrogen-bond acceptors (Lipinski definition) is 1. The Morgan fingerprint density at radius 3 is 2.16 bits per heavy atom. The molecule has 2 rings (SSSR count). The van der Waals surface area contributed by atoms with E-state index in [1.807, 2.05) is 12.1 Å². The van der Waals surface area contributed by atoms with Gasteiger partial charge in [-0.15, -0.1) is 6.42 Å². The zero-order chi connectivity index (χ0) is 14.9. The van der Waals surface area contributed by atoms with Crippen LogP contribution in [0.3, 0.4) is 0 Å². The molecular weight excluding hydrogens is 268 g/mol. The van der Waals surface area contributed by atoms with E-state index in [-0.39, 0.29) is 5.41 Å². The number of hydrogen-bond donors (Lipinski definition) is 1. The maximum absolute atomic E-state index is 9.18. The summed E-state index contributed by atoms with van der Waals surface area (Å²) in [7, 11) is 0. The summed E-state index contributed by atoms with van der Waals surface area (Å²) >= 11 is 1.75. The van der Waals surface area contributed by atoms with E-state index in [4.69, 9.17) is 0 Å². The molecule has 0 atom stereocenters. The summed E-state index contributed by atoms with van der Waals surface area (Å²) in [6.07, 6.45) is 8.33. The first-order valence-electron chi connectivity index (χ1n) is 6.28. The van der Waals surface area contributed by atoms with Crippen LogP contribution in [0.25, 0.3) is 0 Å². The van der Waals surface area contributed by atoms with Crippen LogP contribution in [0, 0.1) is 6.08 Å². The van der Waals surface area contributed by atoms with Crippen molar-refractivity contribution in [3.8, 4) is 5.75 Å². The third kappa shape index (κ3) is 7.97. The van der Waals surface area contributed by atoms with Crippen LogP contribution >= 0.6 is 0 Å². The molecule has 1 aliphatic carbocycles. The van der Waals surface area contributed by atoms with Crippen molar-refractivity contribution in [2.24, 2.45) is 0 Å². The first kappa shape index (κ1) is 18.1. The number of aromatic hydroxyl groups is 1. The van der Waals surface area contributed by atoms with Crippen LogP contribution in [0.1, 0.15) is 39.7 Å². The van der Waals surface area contributed by atoms with Crippen LogP contribution in [0.5, 0.6) is 5.75 Å². The second kappa shape index (κ2) is 9.06. The fraction of sp³-hybridized carbons (Fsp3) is 0.353. The average Bonchev–Trinajstić information content (AvgIpc) is 2.83. The minimum atomic E-state index is 0.124. The van der Waals surface area contributed by atoms with Crippen molar-refractivity contribution in [2.45, 2.75) is 39.5 Å². The van der Waals surface area contributed by atoms with Gasteiger partial charge < -0.3 is 5.11 Å². The molecule has 1 nitrogen and oxygen atoms in total. The summed E-state index contributed by atoms with van der Waals surface area (Å²) in [4.78, 5) is 3.25. The van der Waals surface area contributed by atoms with Gasteiger partial charge in [0, 0.05) is 0 Å². The first-order valence-corrected chi connectivity index (χ1v) is 7.39. The number of benzene rings is 1. The molecule has 0 saturated carbocycles. The van der Waals surface area contributed by atoms with Crippen LogP contribution in [-0.4, -0.2) is 9.92 Å². The Kier molecular flexibility index (Phi) is 8.63. The summed E-state index contributed by atoms with van der Waals surface area (Å²) in [5.74, 6) is 0.345. The Balaban J connectivity index is 0.000000341. The van der Waals surface area contributed by atoms with E-state index in [0.29, 0.717) is 5.75 Å². The molecule has 0 radical (unpaired) electrons. The van der Waals surface area contributed by atoms with Gasteiger partial charge >= 0.3 is 24.8 Å². The van der Waals surface area contributed by atoms with E-state index >= 15 is 0 Å². The molecule has 1 aliphatic rings. The molecule has 19 heavy (non-hydrogen) atoms. The van der Waals surface area contributed by atoms with Crippen molar-refractivity contribution in [2.75, 3.05) is 0 Å². The van der Waals surface area contributed by atoms with Gasteiger partial charge in [-0.2, -0.15) is 6.08 Å². The third-order valence-corrected chi connectivity index (χ3v) is 2.58. The van der Waals surface area contributed by atoms with Crippen molar-refractivity contribution in [1.82, 2.24) is 0 Å². The van der Waals surface area contributed by atoms with Crippen LogP contribution in [0.15, 0.2) is 42.0 Å². The van der Waals surface area contributed by atoms with Gasteiger partial charge in [0.05, 0.1) is 0 Å². The summed E-state index contributed by atoms with van der Waals surface area (Å²) < 4.78 is 0. The second-order valence-electron chi connectivity index (χ2n) is 5.27. The molecule has 0 saturated heterocycles. The van der Waals surface area contributed by atoms with E-state index < -0.39 is 0 Å². The van der Waals surface area contributed by atoms with Crippen LogP contribution < -0.4 is 0 Å². The molecular formula is C17H23OTi. The van der Waals surface area contributed by atoms with E-state index in [2.05, 4.69) is 50.7 Å². The molecule has 0 aliphatic heterocycles. The normalized spacial score (nSPS) is 12.8. The van der Waals surface area contributed by atoms with Crippen molar-refractivity contribution >= 4 is 4.82 Å². The summed E-state index contributed by atoms with van der Waals surface area (Å²) in [5.41, 5.74) is 2.56. The summed E-state index contributed by atoms with van der Waals surface area (Å²) in [6.45, 7) is 8.44. The van der Waals surface area contributed by atoms with Gasteiger partial charge in [0.2, 0.25) is 0 Å². The molecule has 1 aromatic carbocycles. The number of phenolic OH excluding ortho intramolecular Hbond substituents is 1. The van der Waals surface area contributed by atoms with Gasteiger partial charge in [-0.05, 0) is 23.1 Å². The molecule has 0 amide bonds. The Morgan fingerprint density at radius 1 is 1.26 bits per heavy atom. The molecule has 1 N–H and O–H groups in total. The molecule has 2 heteroatoms. The minimum absolute atomic E-state index is 0.124. The standard InChI is InChI=1S/C10H14O.C6H7.CH2.Ti/c1-10(2,3)8-5-4-6-9(11)7-8;1-6-4-2-3-5-6;;/h4-7,11H,1-3H3;2,4H,3H2,1H3;1H2;/q;-1;;+1. The van der Waals surface area contributed by atoms with Crippen molar-refractivity contribution in [3.05, 3.63) is 53.6 Å². The van der Waals surface area contributed by atoms with Crippen LogP contribution in [0.2, 0.25) is 0 Å². The van der Waals surface area contributed by atoms with E-state index in [9.17, 15) is 5.11 Å². The summed E-state index contributed by atoms with van der Waals surface area (Å²) in [5, 5.41) is 9.18. The third-order valence-electron chi connectivity index (χ3n) is 2.58. The van der Waals surface area contributed by atoms with Crippen molar-refractivity contribution in [1.29, 1.82) is 0 Å². The van der Waals surface area contributed by atoms with Gasteiger partial charge in [0.1, 0.15) is 5.75 Å². The number of phenols is 1. The Bertz CT molecular complexity index is 436. The summed E-state index contributed by atoms with van der Waals surface area (Å²) in [6, 6.07) is 7.39. The predicted molar refractivity (Wildman–Crippen MR) is 80.1 cm³/mol. The fourth-order valence-corrected chi connectivity index (χ4v) is 1.49. The molecule has 0 spiro atoms. The molecule has 0 heterocycles. The topological polar surface area (TPSA) is 20.2 Å². The SMILES string of the molecule is CC(C)(C)c1cccc(O)c1.CC1=[C-]CC=C1.[CH2]=[Ti+]. The maximum atomic E-state index is 9.18. The quantitative estimate of drug-likeness (QED) is 0.556. The Labute approximate surface area is 129 Å². The van der Waals surface area contributed by atoms with Gasteiger partial charge in [0.15, 0.2) is 0 Å². The molecule has 1 aromatic rings. The van der Waals surface area contributed by atoms with Gasteiger partial charge in [-0.1, -0.05) is 39.8 Å². The Morgan fingerprint density at radius 2 is 1.89 bits per heavy atom. The van der Waals surface area contributed by atoms with E-state index in [1.54, 1.807) is 32.1 Å². The Hall–Kier alpha value is -0.916. The fourth-order valence-electron chi connectivity index (χ4n) is 1.49. The van der Waals surface area contributed by atoms with Crippen LogP contribution in [-0.2, 0) is 25.4 Å². The van der Waals surface area contributed by atoms with Gasteiger partial charge in [-0.25, -0.2) is 11.6 Å². The van der Waals surface area contributed by atoms with Crippen molar-refractivity contribution in [3.63, 3.8) is 0 Å². The van der Waals surface area contributed by atoms with Gasteiger partial charge in [-0.3, -0.25) is 6.08 Å². The monoisotopic (exact) mass is 291 g/mol. The molecule has 0 bridgehead atoms. The van der Waals surface area contributed by atoms with E-state index in [0.717, 1.165) is 12.0 Å². The zero-order valence-corrected chi connectivity index (χ0v) is 13.9. The first-order chi connectivity index (χ1) is 8.89. The molecule has 0 unspecified atom stereocenters. The molecule has 101 valence electrons. The second-order valence-corrected chi connectivity index (χ2v) is 5.27. The predicted octanol–water partition coefficient (Wildman–Crippen LogP) is 4.35. The van der Waals surface area contributed by atoms with Crippen molar-refractivity contribution < 1.29 is 25.1 Å². The molecule has 0 aromatic heterocycles. The number of rotatable bonds is 0. The number of allylic oxidation sites excluding steroid dienone is 4. The van der Waals surface area contributed by atoms with E-state index in [1.165, 1.54) is 5.57 Å². The zero-order valence-electron chi connectivity index (χ0n) is 12.3. The van der Waals surface area contributed by atoms with Crippen LogP contribution in [0.4, 0.5) is 0 Å². The van der Waals surface area contributed by atoms with Gasteiger partial charge in [0.25, 0.3) is 0 Å². The average molecular weight is 291 g/mol. The molecule has 0 fully saturated rings.